The molecule has 1 aliphatic heterocycles. The number of benzene rings is 1. The number of Topliss-reactive ketones (excluding diaryl/α,β-unsaturated/α-hetero) is 1. The second-order valence-electron chi connectivity index (χ2n) is 4.40. The number of carbonyl (C=O) groups excluding carboxylic acids is 1. The van der Waals surface area contributed by atoms with Crippen LogP contribution in [0.5, 0.6) is 0 Å². The summed E-state index contributed by atoms with van der Waals surface area (Å²) in [4.78, 5) is 13.1. The molecule has 2 heterocycles. The minimum absolute atomic E-state index is 0.0546. The lowest BCUT2D eigenvalue weighted by Gasteiger charge is -2.06. The Hall–Kier alpha value is -1.92. The topological polar surface area (TPSA) is 61.5 Å². The van der Waals surface area contributed by atoms with E-state index in [4.69, 9.17) is 14.7 Å². The van der Waals surface area contributed by atoms with E-state index in [1.54, 1.807) is 0 Å². The van der Waals surface area contributed by atoms with Gasteiger partial charge in [0.2, 0.25) is 23.5 Å². The van der Waals surface area contributed by atoms with Crippen molar-refractivity contribution >= 4 is 29.2 Å². The first kappa shape index (κ1) is 14.0. The number of thiophene rings is 1. The van der Waals surface area contributed by atoms with Gasteiger partial charge >= 0.3 is 0 Å². The fourth-order valence-corrected chi connectivity index (χ4v) is 3.33. The van der Waals surface area contributed by atoms with Gasteiger partial charge in [-0.05, 0) is 17.0 Å². The van der Waals surface area contributed by atoms with E-state index in [9.17, 15) is 4.79 Å². The summed E-state index contributed by atoms with van der Waals surface area (Å²) in [6, 6.07) is 13.6. The van der Waals surface area contributed by atoms with Crippen LogP contribution in [-0.2, 0) is 19.5 Å². The maximum Gasteiger partial charge on any atom is 0.250 e. The smallest absolute Gasteiger partial charge is 0.250 e. The molecule has 0 radical (unpaired) electrons. The molecule has 3 rings (SSSR count). The Bertz CT molecular complexity index is 653. The quantitative estimate of drug-likeness (QED) is 0.856. The van der Waals surface area contributed by atoms with Crippen LogP contribution in [0.3, 0.4) is 0 Å². The van der Waals surface area contributed by atoms with Gasteiger partial charge in [0.15, 0.2) is 0 Å². The molecule has 0 amide bonds. The van der Waals surface area contributed by atoms with E-state index in [1.165, 1.54) is 23.4 Å². The molecule has 0 bridgehead atoms. The summed E-state index contributed by atoms with van der Waals surface area (Å²) < 4.78 is 10.9. The first-order chi connectivity index (χ1) is 10.3. The highest BCUT2D eigenvalue weighted by Crippen LogP contribution is 2.35. The molecule has 1 unspecified atom stereocenters. The average Bonchev–Trinajstić information content (AvgIpc) is 3.11. The molecular formula is C15H13NO3S2. The zero-order valence-electron chi connectivity index (χ0n) is 11.0. The second kappa shape index (κ2) is 6.24. The van der Waals surface area contributed by atoms with E-state index in [2.05, 4.69) is 0 Å². The van der Waals surface area contributed by atoms with Crippen LogP contribution < -0.4 is 5.73 Å². The van der Waals surface area contributed by atoms with Crippen LogP contribution in [0.2, 0.25) is 0 Å². The van der Waals surface area contributed by atoms with Crippen molar-refractivity contribution in [2.45, 2.75) is 11.9 Å². The average molecular weight is 319 g/mol. The van der Waals surface area contributed by atoms with Crippen LogP contribution in [0.1, 0.15) is 16.5 Å². The van der Waals surface area contributed by atoms with Gasteiger partial charge in [-0.1, -0.05) is 36.4 Å². The molecule has 0 spiro atoms. The number of ketones is 1. The lowest BCUT2D eigenvalue weighted by atomic mass is 10.2. The molecular weight excluding hydrogens is 306 g/mol. The molecule has 1 atom stereocenters. The minimum atomic E-state index is -0.669. The molecule has 1 aromatic carbocycles. The molecule has 0 fully saturated rings. The van der Waals surface area contributed by atoms with E-state index < -0.39 is 6.10 Å². The standard InChI is InChI=1S/C15H13NO3S2/c16-15-14(19-21-9-10-5-2-1-3-6-10)12(17)13(18-15)11-7-4-8-20-11/h1-8,13H,9,16H2. The summed E-state index contributed by atoms with van der Waals surface area (Å²) in [5.74, 6) is 0.568. The Morgan fingerprint density at radius 2 is 2.05 bits per heavy atom. The van der Waals surface area contributed by atoms with Gasteiger partial charge in [0, 0.05) is 0 Å². The monoisotopic (exact) mass is 319 g/mol. The van der Waals surface area contributed by atoms with E-state index in [0.717, 1.165) is 10.4 Å². The predicted octanol–water partition coefficient (Wildman–Crippen LogP) is 3.38. The van der Waals surface area contributed by atoms with Crippen molar-refractivity contribution in [3.05, 3.63) is 69.9 Å². The lowest BCUT2D eigenvalue weighted by molar-refractivity contribution is -0.122. The minimum Gasteiger partial charge on any atom is -0.459 e. The zero-order chi connectivity index (χ0) is 14.7. The maximum absolute atomic E-state index is 12.3. The van der Waals surface area contributed by atoms with Crippen molar-refractivity contribution in [1.29, 1.82) is 0 Å². The number of carbonyl (C=O) groups is 1. The highest BCUT2D eigenvalue weighted by molar-refractivity contribution is 7.94. The van der Waals surface area contributed by atoms with Crippen LogP contribution in [0.4, 0.5) is 0 Å². The number of hydrogen-bond donors (Lipinski definition) is 1. The summed E-state index contributed by atoms with van der Waals surface area (Å²) in [6.07, 6.45) is -0.669. The van der Waals surface area contributed by atoms with E-state index >= 15 is 0 Å². The van der Waals surface area contributed by atoms with Crippen LogP contribution in [0.25, 0.3) is 0 Å². The highest BCUT2D eigenvalue weighted by Gasteiger charge is 2.38. The van der Waals surface area contributed by atoms with Crippen LogP contribution in [0.15, 0.2) is 59.5 Å². The fourth-order valence-electron chi connectivity index (χ4n) is 1.92. The van der Waals surface area contributed by atoms with Crippen molar-refractivity contribution in [3.63, 3.8) is 0 Å². The molecule has 2 aromatic rings. The summed E-state index contributed by atoms with van der Waals surface area (Å²) in [7, 11) is 0. The van der Waals surface area contributed by atoms with Crippen molar-refractivity contribution in [2.75, 3.05) is 0 Å². The van der Waals surface area contributed by atoms with Gasteiger partial charge in [-0.3, -0.25) is 4.79 Å². The lowest BCUT2D eigenvalue weighted by Crippen LogP contribution is -2.08. The first-order valence-corrected chi connectivity index (χ1v) is 8.12. The second-order valence-corrected chi connectivity index (χ2v) is 6.07. The molecule has 0 saturated carbocycles. The van der Waals surface area contributed by atoms with Gasteiger partial charge in [-0.15, -0.1) is 11.3 Å². The van der Waals surface area contributed by atoms with E-state index in [-0.39, 0.29) is 17.4 Å². The largest absolute Gasteiger partial charge is 0.459 e. The number of hydrogen-bond acceptors (Lipinski definition) is 6. The highest BCUT2D eigenvalue weighted by atomic mass is 32.2. The predicted molar refractivity (Wildman–Crippen MR) is 83.2 cm³/mol. The molecule has 1 aromatic heterocycles. The van der Waals surface area contributed by atoms with Gasteiger partial charge < -0.3 is 14.7 Å². The summed E-state index contributed by atoms with van der Waals surface area (Å²) >= 11 is 2.63. The first-order valence-electron chi connectivity index (χ1n) is 6.33. The fraction of sp³-hybridized carbons (Fsp3) is 0.133. The van der Waals surface area contributed by atoms with Gasteiger partial charge in [0.25, 0.3) is 0 Å². The summed E-state index contributed by atoms with van der Waals surface area (Å²) in [6.45, 7) is 0. The van der Waals surface area contributed by atoms with Crippen molar-refractivity contribution in [3.8, 4) is 0 Å². The van der Waals surface area contributed by atoms with Gasteiger partial charge in [0.05, 0.1) is 22.7 Å². The summed E-state index contributed by atoms with van der Waals surface area (Å²) in [5.41, 5.74) is 6.86. The van der Waals surface area contributed by atoms with Crippen molar-refractivity contribution < 1.29 is 13.7 Å². The Balaban J connectivity index is 1.60. The van der Waals surface area contributed by atoms with Crippen LogP contribution in [0, 0.1) is 0 Å². The molecule has 6 heteroatoms. The molecule has 1 aliphatic rings. The maximum atomic E-state index is 12.3. The molecule has 2 N–H and O–H groups in total. The van der Waals surface area contributed by atoms with E-state index in [0.29, 0.717) is 5.75 Å². The van der Waals surface area contributed by atoms with E-state index in [1.807, 2.05) is 47.8 Å². The number of rotatable bonds is 5. The molecule has 21 heavy (non-hydrogen) atoms. The Morgan fingerprint density at radius 1 is 1.24 bits per heavy atom. The van der Waals surface area contributed by atoms with Crippen molar-refractivity contribution in [1.82, 2.24) is 0 Å². The van der Waals surface area contributed by atoms with Gasteiger partial charge in [-0.2, -0.15) is 0 Å². The molecule has 4 nitrogen and oxygen atoms in total. The summed E-state index contributed by atoms with van der Waals surface area (Å²) in [5, 5.41) is 1.89. The third-order valence-electron chi connectivity index (χ3n) is 2.94. The van der Waals surface area contributed by atoms with Crippen LogP contribution >= 0.6 is 23.4 Å². The third-order valence-corrected chi connectivity index (χ3v) is 4.59. The van der Waals surface area contributed by atoms with Crippen molar-refractivity contribution in [2.24, 2.45) is 5.73 Å². The third kappa shape index (κ3) is 3.06. The van der Waals surface area contributed by atoms with Gasteiger partial charge in [-0.25, -0.2) is 0 Å². The Labute approximate surface area is 130 Å². The Kier molecular flexibility index (Phi) is 4.17. The SMILES string of the molecule is NC1=C(OSCc2ccccc2)C(=O)C(c2cccs2)O1. The molecule has 108 valence electrons. The normalized spacial score (nSPS) is 17.9. The number of nitrogens with two attached hydrogens (primary N) is 1. The molecule has 0 aliphatic carbocycles. The van der Waals surface area contributed by atoms with Crippen LogP contribution in [-0.4, -0.2) is 5.78 Å². The Morgan fingerprint density at radius 3 is 2.76 bits per heavy atom. The number of ether oxygens (including phenoxy) is 1. The molecule has 0 saturated heterocycles. The van der Waals surface area contributed by atoms with Gasteiger partial charge in [0.1, 0.15) is 0 Å². The zero-order valence-corrected chi connectivity index (χ0v) is 12.7.